The Balaban J connectivity index is 1.85. The Morgan fingerprint density at radius 3 is 2.73 bits per heavy atom. The summed E-state index contributed by atoms with van der Waals surface area (Å²) in [5.41, 5.74) is -1.05. The second-order valence-corrected chi connectivity index (χ2v) is 6.17. The zero-order valence-corrected chi connectivity index (χ0v) is 15.4. The maximum Gasteiger partial charge on any atom is 0.433 e. The first-order valence-corrected chi connectivity index (χ1v) is 8.50. The lowest BCUT2D eigenvalue weighted by atomic mass is 10.1. The van der Waals surface area contributed by atoms with Crippen LogP contribution in [0.3, 0.4) is 0 Å². The van der Waals surface area contributed by atoms with E-state index in [2.05, 4.69) is 14.8 Å². The van der Waals surface area contributed by atoms with Gasteiger partial charge in [0.25, 0.3) is 5.91 Å². The van der Waals surface area contributed by atoms with Gasteiger partial charge in [-0.05, 0) is 12.1 Å². The third-order valence-corrected chi connectivity index (χ3v) is 4.08. The summed E-state index contributed by atoms with van der Waals surface area (Å²) in [5.74, 6) is -3.22. The van der Waals surface area contributed by atoms with Gasteiger partial charge in [0.15, 0.2) is 11.9 Å². The number of halogens is 3. The molecule has 0 bridgehead atoms. The van der Waals surface area contributed by atoms with Crippen molar-refractivity contribution in [3.8, 4) is 5.69 Å². The molecule has 2 unspecified atom stereocenters. The number of carboxylic acid groups (broad SMARTS) is 1. The number of anilines is 1. The third-order valence-electron chi connectivity index (χ3n) is 4.08. The van der Waals surface area contributed by atoms with Crippen molar-refractivity contribution >= 4 is 23.7 Å². The van der Waals surface area contributed by atoms with E-state index in [0.29, 0.717) is 0 Å². The normalized spacial score (nSPS) is 18.2. The molecule has 2 aromatic heterocycles. The van der Waals surface area contributed by atoms with Crippen molar-refractivity contribution < 1.29 is 42.1 Å². The number of ether oxygens (including phenoxy) is 2. The van der Waals surface area contributed by atoms with Gasteiger partial charge in [0, 0.05) is 25.4 Å². The number of aliphatic carboxylic acids is 1. The molecule has 160 valence electrons. The summed E-state index contributed by atoms with van der Waals surface area (Å²) in [7, 11) is 0. The van der Waals surface area contributed by atoms with E-state index < -0.39 is 41.9 Å². The van der Waals surface area contributed by atoms with Crippen LogP contribution in [0.2, 0.25) is 0 Å². The van der Waals surface area contributed by atoms with Crippen LogP contribution in [0, 0.1) is 0 Å². The summed E-state index contributed by atoms with van der Waals surface area (Å²) in [4.78, 5) is 39.6. The average molecular weight is 428 g/mol. The molecule has 3 rings (SSSR count). The third kappa shape index (κ3) is 4.40. The molecule has 0 radical (unpaired) electrons. The SMILES string of the molecule is CC(=O)OC(C(=O)O)C1OCCN(c2ccn(-c3ccnc(C(F)(F)F)c3)n2)C1=O. The van der Waals surface area contributed by atoms with Crippen molar-refractivity contribution in [1.29, 1.82) is 0 Å². The lowest BCUT2D eigenvalue weighted by Gasteiger charge is -2.33. The molecule has 10 nitrogen and oxygen atoms in total. The summed E-state index contributed by atoms with van der Waals surface area (Å²) in [6, 6.07) is 3.47. The van der Waals surface area contributed by atoms with Crippen molar-refractivity contribution in [3.63, 3.8) is 0 Å². The molecule has 2 atom stereocenters. The van der Waals surface area contributed by atoms with E-state index in [9.17, 15) is 32.7 Å². The Morgan fingerprint density at radius 2 is 2.10 bits per heavy atom. The number of carboxylic acids is 1. The van der Waals surface area contributed by atoms with E-state index in [1.165, 1.54) is 18.3 Å². The summed E-state index contributed by atoms with van der Waals surface area (Å²) >= 11 is 0. The Morgan fingerprint density at radius 1 is 1.37 bits per heavy atom. The number of esters is 1. The lowest BCUT2D eigenvalue weighted by Crippen LogP contribution is -2.55. The van der Waals surface area contributed by atoms with Gasteiger partial charge in [-0.1, -0.05) is 0 Å². The molecule has 1 aliphatic heterocycles. The Kier molecular flexibility index (Phi) is 5.73. The Bertz CT molecular complexity index is 976. The number of hydrogen-bond acceptors (Lipinski definition) is 7. The van der Waals surface area contributed by atoms with Crippen LogP contribution in [-0.2, 0) is 30.0 Å². The van der Waals surface area contributed by atoms with Crippen LogP contribution >= 0.6 is 0 Å². The molecular weight excluding hydrogens is 413 g/mol. The monoisotopic (exact) mass is 428 g/mol. The molecule has 0 aromatic carbocycles. The molecule has 0 spiro atoms. The number of carbonyl (C=O) groups is 3. The van der Waals surface area contributed by atoms with Crippen LogP contribution < -0.4 is 4.90 Å². The molecular formula is C17H15F3N4O6. The average Bonchev–Trinajstić information content (AvgIpc) is 3.15. The minimum atomic E-state index is -4.64. The van der Waals surface area contributed by atoms with E-state index in [4.69, 9.17) is 4.74 Å². The predicted octanol–water partition coefficient (Wildman–Crippen LogP) is 1.03. The maximum atomic E-state index is 12.9. The van der Waals surface area contributed by atoms with Crippen LogP contribution in [0.5, 0.6) is 0 Å². The quantitative estimate of drug-likeness (QED) is 0.701. The minimum absolute atomic E-state index is 0.0168. The topological polar surface area (TPSA) is 124 Å². The van der Waals surface area contributed by atoms with Crippen molar-refractivity contribution in [3.05, 3.63) is 36.3 Å². The molecule has 2 aromatic rings. The van der Waals surface area contributed by atoms with Crippen LogP contribution in [0.15, 0.2) is 30.6 Å². The van der Waals surface area contributed by atoms with Gasteiger partial charge < -0.3 is 14.6 Å². The molecule has 1 saturated heterocycles. The number of nitrogens with zero attached hydrogens (tertiary/aromatic N) is 4. The maximum absolute atomic E-state index is 12.9. The van der Waals surface area contributed by atoms with Crippen LogP contribution in [0.25, 0.3) is 5.69 Å². The lowest BCUT2D eigenvalue weighted by molar-refractivity contribution is -0.177. The fraction of sp³-hybridized carbons (Fsp3) is 0.353. The van der Waals surface area contributed by atoms with E-state index in [-0.39, 0.29) is 24.7 Å². The zero-order chi connectivity index (χ0) is 22.1. The molecule has 1 fully saturated rings. The van der Waals surface area contributed by atoms with E-state index in [0.717, 1.165) is 28.8 Å². The highest BCUT2D eigenvalue weighted by molar-refractivity contribution is 5.99. The Hall–Kier alpha value is -3.48. The van der Waals surface area contributed by atoms with Gasteiger partial charge in [-0.15, -0.1) is 5.10 Å². The number of rotatable bonds is 5. The first-order chi connectivity index (χ1) is 14.1. The van der Waals surface area contributed by atoms with Crippen molar-refractivity contribution in [2.24, 2.45) is 0 Å². The molecule has 0 saturated carbocycles. The van der Waals surface area contributed by atoms with Crippen molar-refractivity contribution in [1.82, 2.24) is 14.8 Å². The molecule has 3 heterocycles. The smallest absolute Gasteiger partial charge is 0.433 e. The number of pyridine rings is 1. The highest BCUT2D eigenvalue weighted by Gasteiger charge is 2.43. The number of amides is 1. The van der Waals surface area contributed by atoms with Gasteiger partial charge in [0.2, 0.25) is 6.10 Å². The molecule has 30 heavy (non-hydrogen) atoms. The van der Waals surface area contributed by atoms with Gasteiger partial charge in [-0.3, -0.25) is 19.5 Å². The molecule has 0 aliphatic carbocycles. The number of aromatic nitrogens is 3. The van der Waals surface area contributed by atoms with E-state index in [1.807, 2.05) is 0 Å². The Labute approximate surface area is 166 Å². The molecule has 1 aliphatic rings. The highest BCUT2D eigenvalue weighted by Crippen LogP contribution is 2.29. The fourth-order valence-electron chi connectivity index (χ4n) is 2.79. The first kappa shape index (κ1) is 21.2. The molecule has 1 N–H and O–H groups in total. The summed E-state index contributed by atoms with van der Waals surface area (Å²) < 4.78 is 49.6. The van der Waals surface area contributed by atoms with Crippen LogP contribution in [0.1, 0.15) is 12.6 Å². The second-order valence-electron chi connectivity index (χ2n) is 6.17. The van der Waals surface area contributed by atoms with E-state index in [1.54, 1.807) is 0 Å². The second kappa shape index (κ2) is 8.10. The van der Waals surface area contributed by atoms with Gasteiger partial charge in [-0.2, -0.15) is 13.2 Å². The van der Waals surface area contributed by atoms with Gasteiger partial charge >= 0.3 is 18.1 Å². The van der Waals surface area contributed by atoms with Crippen LogP contribution in [-0.4, -0.2) is 63.1 Å². The van der Waals surface area contributed by atoms with Gasteiger partial charge in [0.1, 0.15) is 5.69 Å². The van der Waals surface area contributed by atoms with Crippen molar-refractivity contribution in [2.45, 2.75) is 25.3 Å². The summed E-state index contributed by atoms with van der Waals surface area (Å²) in [6.07, 6.45) is -5.77. The summed E-state index contributed by atoms with van der Waals surface area (Å²) in [6.45, 7) is 0.942. The number of morpholine rings is 1. The minimum Gasteiger partial charge on any atom is -0.478 e. The molecule has 1 amide bonds. The van der Waals surface area contributed by atoms with E-state index >= 15 is 0 Å². The number of alkyl halides is 3. The van der Waals surface area contributed by atoms with Crippen molar-refractivity contribution in [2.75, 3.05) is 18.1 Å². The van der Waals surface area contributed by atoms with Crippen LogP contribution in [0.4, 0.5) is 19.0 Å². The standard InChI is InChI=1S/C17H15F3N4O6/c1-9(25)30-14(16(27)28)13-15(26)23(6-7-29-13)12-3-5-24(22-12)10-2-4-21-11(8-10)17(18,19)20/h2-5,8,13-14H,6-7H2,1H3,(H,27,28). The highest BCUT2D eigenvalue weighted by atomic mass is 19.4. The van der Waals surface area contributed by atoms with Gasteiger partial charge in [-0.25, -0.2) is 9.48 Å². The predicted molar refractivity (Wildman–Crippen MR) is 91.6 cm³/mol. The van der Waals surface area contributed by atoms with Gasteiger partial charge in [0.05, 0.1) is 18.8 Å². The molecule has 13 heteroatoms. The first-order valence-electron chi connectivity index (χ1n) is 8.50. The number of carbonyl (C=O) groups excluding carboxylic acids is 2. The fourth-order valence-corrected chi connectivity index (χ4v) is 2.79. The zero-order valence-electron chi connectivity index (χ0n) is 15.4. The number of hydrogen-bond donors (Lipinski definition) is 1. The largest absolute Gasteiger partial charge is 0.478 e. The summed E-state index contributed by atoms with van der Waals surface area (Å²) in [5, 5.41) is 13.3.